The molecule has 0 saturated heterocycles. The molecule has 0 fully saturated rings. The molecule has 30 nitrogen and oxygen atoms in total. The molecule has 4 aromatic heterocycles. The molecule has 0 aliphatic carbocycles. The Morgan fingerprint density at radius 3 is 1.01 bits per heavy atom. The summed E-state index contributed by atoms with van der Waals surface area (Å²) in [6, 6.07) is 11.4. The molecule has 1 aromatic carbocycles. The number of aromatic nitrogens is 4. The summed E-state index contributed by atoms with van der Waals surface area (Å²) in [6.45, 7) is -2.44. The second kappa shape index (κ2) is 32.4. The Hall–Kier alpha value is -9.20. The molecule has 0 radical (unpaired) electrons. The van der Waals surface area contributed by atoms with Crippen LogP contribution in [0.2, 0.25) is 0 Å². The van der Waals surface area contributed by atoms with Crippen LogP contribution in [0.3, 0.4) is 0 Å². The molecule has 4 heterocycles. The van der Waals surface area contributed by atoms with E-state index in [0.717, 1.165) is 18.3 Å². The van der Waals surface area contributed by atoms with Crippen molar-refractivity contribution in [3.63, 3.8) is 0 Å². The Morgan fingerprint density at radius 1 is 0.440 bits per heavy atom. The Bertz CT molecular complexity index is 3000. The highest BCUT2D eigenvalue weighted by atomic mass is 16.4. The summed E-state index contributed by atoms with van der Waals surface area (Å²) in [4.78, 5) is 132. The number of aliphatic carboxylic acids is 1. The number of benzene rings is 1. The average molecular weight is 1180 g/mol. The SMILES string of the molecule is O=C(O)CCC(=O)Nc1ccc(CC(CN(CCNC(=O)c2ccn(CCO)c(=O)c2O)CCNC(=O)c2ccn(CCO)c(=O)c2O)CN(CCNC(=O)c2ccn(CCO)c(=O)c2O)CCNC(=O)c2ccn(CCO)c(=O)c2O)cc1. The topological polar surface area (TPSA) is 439 Å². The summed E-state index contributed by atoms with van der Waals surface area (Å²) in [5.41, 5.74) is -4.06. The van der Waals surface area contributed by atoms with Crippen LogP contribution in [0.25, 0.3) is 0 Å². The van der Waals surface area contributed by atoms with Crippen LogP contribution in [0.15, 0.2) is 92.5 Å². The molecule has 0 atom stereocenters. The Labute approximate surface area is 478 Å². The number of hydrogen-bond donors (Lipinski definition) is 14. The number of nitrogens with zero attached hydrogens (tertiary/aromatic N) is 6. The minimum atomic E-state index is -1.16. The van der Waals surface area contributed by atoms with E-state index < -0.39 is 120 Å². The normalized spacial score (nSPS) is 11.2. The van der Waals surface area contributed by atoms with Crippen molar-refractivity contribution in [1.29, 1.82) is 0 Å². The van der Waals surface area contributed by atoms with Crippen LogP contribution in [0.4, 0.5) is 5.69 Å². The third-order valence-corrected chi connectivity index (χ3v) is 13.1. The van der Waals surface area contributed by atoms with Crippen LogP contribution >= 0.6 is 0 Å². The van der Waals surface area contributed by atoms with Crippen molar-refractivity contribution in [1.82, 2.24) is 49.3 Å². The van der Waals surface area contributed by atoms with Gasteiger partial charge in [-0.1, -0.05) is 12.1 Å². The van der Waals surface area contributed by atoms with Crippen LogP contribution in [0, 0.1) is 5.92 Å². The summed E-state index contributed by atoms with van der Waals surface area (Å²) in [5.74, 6) is -8.97. The molecule has 454 valence electrons. The lowest BCUT2D eigenvalue weighted by atomic mass is 9.97. The van der Waals surface area contributed by atoms with Crippen LogP contribution in [0.1, 0.15) is 59.8 Å². The van der Waals surface area contributed by atoms with Crippen molar-refractivity contribution in [3.8, 4) is 23.0 Å². The molecule has 0 saturated carbocycles. The number of aromatic hydroxyl groups is 4. The van der Waals surface area contributed by atoms with E-state index in [1.54, 1.807) is 24.3 Å². The predicted molar refractivity (Wildman–Crippen MR) is 299 cm³/mol. The van der Waals surface area contributed by atoms with Crippen molar-refractivity contribution in [2.45, 2.75) is 45.4 Å². The maximum Gasteiger partial charge on any atom is 0.303 e. The first-order valence-corrected chi connectivity index (χ1v) is 26.5. The third-order valence-electron chi connectivity index (χ3n) is 13.1. The number of carbonyl (C=O) groups excluding carboxylic acids is 5. The van der Waals surface area contributed by atoms with Gasteiger partial charge >= 0.3 is 5.97 Å². The van der Waals surface area contributed by atoms with E-state index in [0.29, 0.717) is 11.3 Å². The molecule has 14 N–H and O–H groups in total. The number of pyridine rings is 4. The predicted octanol–water partition coefficient (Wildman–Crippen LogP) is -3.59. The Kier molecular flexibility index (Phi) is 25.3. The second-order valence-corrected chi connectivity index (χ2v) is 19.0. The molecule has 5 amide bonds. The monoisotopic (exact) mass is 1180 g/mol. The fraction of sp³-hybridized carbons (Fsp3) is 0.407. The minimum absolute atomic E-state index is 0.0253. The van der Waals surface area contributed by atoms with Gasteiger partial charge in [0.15, 0.2) is 23.0 Å². The minimum Gasteiger partial charge on any atom is -0.502 e. The van der Waals surface area contributed by atoms with Gasteiger partial charge in [-0.05, 0) is 54.3 Å². The van der Waals surface area contributed by atoms with Crippen LogP contribution in [0.5, 0.6) is 23.0 Å². The number of amides is 5. The standard InChI is InChI=1S/C54H69N11O19/c66-27-23-62-15-7-37(43(73)51(62)81)47(77)55-11-19-60(20-12-56-48(78)38-8-16-63(24-28-67)52(82)44(38)74)32-35(31-34-1-3-36(4-2-34)59-41(70)5-6-42(71)72)33-61(21-13-57-49(79)39-9-17-64(25-29-68)53(83)45(39)75)22-14-58-50(80)40-10-18-65(26-30-69)54(84)46(40)76/h1-4,7-10,15-18,35,66-69,73-76H,5-6,11-14,19-33H2,(H,55,77)(H,56,78)(H,57,79)(H,58,80)(H,59,70)(H,71,72). The first-order chi connectivity index (χ1) is 40.2. The lowest BCUT2D eigenvalue weighted by molar-refractivity contribution is -0.138. The number of carboxylic acids is 1. The average Bonchev–Trinajstić information content (AvgIpc) is 3.47. The van der Waals surface area contributed by atoms with Crippen molar-refractivity contribution in [3.05, 3.63) is 143 Å². The molecule has 5 aromatic rings. The Balaban J connectivity index is 1.48. The van der Waals surface area contributed by atoms with Gasteiger partial charge in [-0.25, -0.2) is 0 Å². The number of carboxylic acid groups (broad SMARTS) is 1. The summed E-state index contributed by atoms with van der Waals surface area (Å²) in [7, 11) is 0. The summed E-state index contributed by atoms with van der Waals surface area (Å²) >= 11 is 0. The van der Waals surface area contributed by atoms with Gasteiger partial charge in [-0.15, -0.1) is 0 Å². The van der Waals surface area contributed by atoms with Gasteiger partial charge in [0.1, 0.15) is 0 Å². The number of anilines is 1. The molecule has 84 heavy (non-hydrogen) atoms. The zero-order valence-electron chi connectivity index (χ0n) is 45.6. The van der Waals surface area contributed by atoms with E-state index in [4.69, 9.17) is 5.11 Å². The van der Waals surface area contributed by atoms with E-state index in [2.05, 4.69) is 26.6 Å². The van der Waals surface area contributed by atoms with Crippen LogP contribution < -0.4 is 48.8 Å². The smallest absolute Gasteiger partial charge is 0.303 e. The number of aliphatic hydroxyl groups excluding tert-OH is 4. The van der Waals surface area contributed by atoms with Gasteiger partial charge in [0, 0.05) is 129 Å². The molecular weight excluding hydrogens is 1110 g/mol. The summed E-state index contributed by atoms with van der Waals surface area (Å²) < 4.78 is 4.05. The number of hydrogen-bond acceptors (Lipinski definition) is 20. The maximum atomic E-state index is 13.4. The van der Waals surface area contributed by atoms with Crippen LogP contribution in [-0.2, 0) is 42.2 Å². The summed E-state index contributed by atoms with van der Waals surface area (Å²) in [5, 5.41) is 102. The fourth-order valence-electron chi connectivity index (χ4n) is 8.82. The van der Waals surface area contributed by atoms with E-state index in [1.165, 1.54) is 49.1 Å². The molecule has 5 rings (SSSR count). The zero-order chi connectivity index (χ0) is 61.5. The molecule has 0 aliphatic heterocycles. The molecule has 30 heteroatoms. The number of aliphatic hydroxyl groups is 4. The largest absolute Gasteiger partial charge is 0.502 e. The van der Waals surface area contributed by atoms with Gasteiger partial charge in [-0.2, -0.15) is 0 Å². The first-order valence-electron chi connectivity index (χ1n) is 26.5. The fourth-order valence-corrected chi connectivity index (χ4v) is 8.82. The van der Waals surface area contributed by atoms with Gasteiger partial charge in [0.25, 0.3) is 45.9 Å². The molecule has 0 bridgehead atoms. The van der Waals surface area contributed by atoms with E-state index in [1.807, 2.05) is 9.80 Å². The van der Waals surface area contributed by atoms with Gasteiger partial charge in [0.05, 0.1) is 55.1 Å². The number of rotatable bonds is 34. The second-order valence-electron chi connectivity index (χ2n) is 19.0. The highest BCUT2D eigenvalue weighted by Crippen LogP contribution is 2.19. The number of carbonyl (C=O) groups is 6. The maximum absolute atomic E-state index is 13.4. The van der Waals surface area contributed by atoms with Crippen molar-refractivity contribution < 1.29 is 74.7 Å². The van der Waals surface area contributed by atoms with Gasteiger partial charge in [0.2, 0.25) is 5.91 Å². The molecule has 0 spiro atoms. The van der Waals surface area contributed by atoms with Crippen LogP contribution in [-0.4, -0.2) is 201 Å². The highest BCUT2D eigenvalue weighted by molar-refractivity contribution is 5.98. The highest BCUT2D eigenvalue weighted by Gasteiger charge is 2.24. The van der Waals surface area contributed by atoms with Crippen molar-refractivity contribution >= 4 is 41.2 Å². The third kappa shape index (κ3) is 18.7. The number of nitrogens with one attached hydrogen (secondary N) is 5. The van der Waals surface area contributed by atoms with Crippen molar-refractivity contribution in [2.75, 3.05) is 97.2 Å². The van der Waals surface area contributed by atoms with E-state index >= 15 is 0 Å². The lowest BCUT2D eigenvalue weighted by Crippen LogP contribution is -2.46. The van der Waals surface area contributed by atoms with Gasteiger partial charge < -0.3 is 90.8 Å². The molecule has 0 unspecified atom stereocenters. The van der Waals surface area contributed by atoms with Crippen molar-refractivity contribution in [2.24, 2.45) is 5.92 Å². The molecular formula is C54H69N11O19. The lowest BCUT2D eigenvalue weighted by Gasteiger charge is -2.32. The first kappa shape index (κ1) is 65.6. The van der Waals surface area contributed by atoms with Gasteiger partial charge in [-0.3, -0.25) is 57.7 Å². The quantitative estimate of drug-likeness (QED) is 0.0189. The van der Waals surface area contributed by atoms with E-state index in [9.17, 15) is 88.8 Å². The summed E-state index contributed by atoms with van der Waals surface area (Å²) in [6.07, 6.45) is 4.47. The molecule has 0 aliphatic rings. The zero-order valence-corrected chi connectivity index (χ0v) is 45.6. The van der Waals surface area contributed by atoms with E-state index in [-0.39, 0.29) is 127 Å². The Morgan fingerprint density at radius 2 is 0.738 bits per heavy atom.